The molecule has 0 atom stereocenters. The number of anilines is 1. The van der Waals surface area contributed by atoms with Gasteiger partial charge in [0.05, 0.1) is 5.69 Å². The van der Waals surface area contributed by atoms with Gasteiger partial charge in [0.25, 0.3) is 0 Å². The van der Waals surface area contributed by atoms with Crippen LogP contribution in [-0.4, -0.2) is 10.2 Å². The predicted octanol–water partition coefficient (Wildman–Crippen LogP) is 1.49. The summed E-state index contributed by atoms with van der Waals surface area (Å²) in [5, 5.41) is 8.42. The van der Waals surface area contributed by atoms with Gasteiger partial charge in [-0.1, -0.05) is 0 Å². The fraction of sp³-hybridized carbons (Fsp3) is 0. The largest absolute Gasteiger partial charge is 0.291 e. The van der Waals surface area contributed by atoms with Crippen molar-refractivity contribution in [2.24, 2.45) is 0 Å². The van der Waals surface area contributed by atoms with Crippen molar-refractivity contribution in [1.29, 1.82) is 0 Å². The van der Waals surface area contributed by atoms with Gasteiger partial charge in [-0.15, -0.1) is 0 Å². The summed E-state index contributed by atoms with van der Waals surface area (Å²) in [6.07, 6.45) is 1.67. The molecule has 2 N–H and O–H groups in total. The SMILES string of the molecule is ONc1cccnc1I. The summed E-state index contributed by atoms with van der Waals surface area (Å²) in [6, 6.07) is 3.50. The van der Waals surface area contributed by atoms with Crippen molar-refractivity contribution in [2.75, 3.05) is 5.48 Å². The van der Waals surface area contributed by atoms with Crippen LogP contribution in [0.2, 0.25) is 0 Å². The standard InChI is InChI=1S/C5H5IN2O/c6-5-4(8-9)2-1-3-7-5/h1-3,8-9H. The third kappa shape index (κ3) is 1.52. The molecule has 0 spiro atoms. The lowest BCUT2D eigenvalue weighted by molar-refractivity contribution is 0.388. The van der Waals surface area contributed by atoms with E-state index in [0.29, 0.717) is 5.69 Å². The van der Waals surface area contributed by atoms with Crippen LogP contribution < -0.4 is 5.48 Å². The fourth-order valence-corrected chi connectivity index (χ4v) is 0.931. The molecule has 1 heterocycles. The second-order valence-corrected chi connectivity index (χ2v) is 2.48. The van der Waals surface area contributed by atoms with E-state index in [-0.39, 0.29) is 0 Å². The Balaban J connectivity index is 3.01. The summed E-state index contributed by atoms with van der Waals surface area (Å²) in [7, 11) is 0. The molecule has 1 aromatic rings. The number of hydrogen-bond acceptors (Lipinski definition) is 3. The monoisotopic (exact) mass is 236 g/mol. The molecule has 1 aromatic heterocycles. The molecule has 1 rings (SSSR count). The number of pyridine rings is 1. The van der Waals surface area contributed by atoms with E-state index in [9.17, 15) is 0 Å². The van der Waals surface area contributed by atoms with Gasteiger partial charge in [-0.3, -0.25) is 10.7 Å². The lowest BCUT2D eigenvalue weighted by Crippen LogP contribution is -1.92. The average Bonchev–Trinajstić information content (AvgIpc) is 1.89. The molecule has 3 nitrogen and oxygen atoms in total. The first kappa shape index (κ1) is 6.76. The van der Waals surface area contributed by atoms with Crippen molar-refractivity contribution < 1.29 is 5.21 Å². The van der Waals surface area contributed by atoms with Gasteiger partial charge in [-0.05, 0) is 34.7 Å². The summed E-state index contributed by atoms with van der Waals surface area (Å²) in [6.45, 7) is 0. The highest BCUT2D eigenvalue weighted by Gasteiger charge is 1.93. The molecule has 0 fully saturated rings. The summed E-state index contributed by atoms with van der Waals surface area (Å²) in [4.78, 5) is 3.91. The van der Waals surface area contributed by atoms with Crippen molar-refractivity contribution in [1.82, 2.24) is 4.98 Å². The van der Waals surface area contributed by atoms with Crippen molar-refractivity contribution in [2.45, 2.75) is 0 Å². The van der Waals surface area contributed by atoms with E-state index in [4.69, 9.17) is 5.21 Å². The summed E-state index contributed by atoms with van der Waals surface area (Å²) in [5.41, 5.74) is 2.66. The fourth-order valence-electron chi connectivity index (χ4n) is 0.469. The Kier molecular flexibility index (Phi) is 2.23. The molecule has 0 bridgehead atoms. The van der Waals surface area contributed by atoms with Gasteiger partial charge in [0.1, 0.15) is 3.70 Å². The highest BCUT2D eigenvalue weighted by molar-refractivity contribution is 14.1. The summed E-state index contributed by atoms with van der Waals surface area (Å²) >= 11 is 2.03. The quantitative estimate of drug-likeness (QED) is 0.441. The van der Waals surface area contributed by atoms with E-state index < -0.39 is 0 Å². The van der Waals surface area contributed by atoms with E-state index in [1.54, 1.807) is 18.3 Å². The maximum Gasteiger partial charge on any atom is 0.126 e. The molecule has 0 aliphatic rings. The number of rotatable bonds is 1. The Bertz CT molecular complexity index is 204. The first-order valence-corrected chi connectivity index (χ1v) is 3.43. The zero-order valence-corrected chi connectivity index (χ0v) is 6.66. The lowest BCUT2D eigenvalue weighted by Gasteiger charge is -1.97. The summed E-state index contributed by atoms with van der Waals surface area (Å²) in [5.74, 6) is 0. The minimum Gasteiger partial charge on any atom is -0.291 e. The molecule has 0 saturated carbocycles. The van der Waals surface area contributed by atoms with E-state index in [0.717, 1.165) is 3.70 Å². The molecular formula is C5H5IN2O. The molecule has 0 amide bonds. The van der Waals surface area contributed by atoms with Crippen LogP contribution in [0.5, 0.6) is 0 Å². The van der Waals surface area contributed by atoms with Gasteiger partial charge in [-0.2, -0.15) is 0 Å². The van der Waals surface area contributed by atoms with E-state index in [1.807, 2.05) is 28.1 Å². The van der Waals surface area contributed by atoms with Crippen molar-refractivity contribution in [3.63, 3.8) is 0 Å². The number of halogens is 1. The second-order valence-electron chi connectivity index (χ2n) is 1.45. The van der Waals surface area contributed by atoms with Gasteiger partial charge in [-0.25, -0.2) is 4.98 Å². The van der Waals surface area contributed by atoms with Gasteiger partial charge in [0.2, 0.25) is 0 Å². The molecule has 0 radical (unpaired) electrons. The average molecular weight is 236 g/mol. The van der Waals surface area contributed by atoms with Gasteiger partial charge < -0.3 is 0 Å². The Labute approximate surface area is 66.2 Å². The maximum atomic E-state index is 8.42. The molecule has 4 heteroatoms. The maximum absolute atomic E-state index is 8.42. The molecule has 0 aliphatic carbocycles. The number of nitrogens with one attached hydrogen (secondary N) is 1. The van der Waals surface area contributed by atoms with Gasteiger partial charge in [0, 0.05) is 6.20 Å². The highest BCUT2D eigenvalue weighted by atomic mass is 127. The van der Waals surface area contributed by atoms with Crippen LogP contribution in [0.15, 0.2) is 18.3 Å². The number of aromatic nitrogens is 1. The Morgan fingerprint density at radius 1 is 1.67 bits per heavy atom. The van der Waals surface area contributed by atoms with Gasteiger partial charge >= 0.3 is 0 Å². The topological polar surface area (TPSA) is 45.1 Å². The summed E-state index contributed by atoms with van der Waals surface area (Å²) < 4.78 is 0.762. The highest BCUT2D eigenvalue weighted by Crippen LogP contribution is 2.11. The Morgan fingerprint density at radius 2 is 2.44 bits per heavy atom. The second kappa shape index (κ2) is 2.98. The first-order valence-electron chi connectivity index (χ1n) is 2.35. The van der Waals surface area contributed by atoms with E-state index in [2.05, 4.69) is 4.98 Å². The smallest absolute Gasteiger partial charge is 0.126 e. The molecule has 0 aromatic carbocycles. The molecule has 0 saturated heterocycles. The van der Waals surface area contributed by atoms with Crippen molar-refractivity contribution >= 4 is 28.3 Å². The van der Waals surface area contributed by atoms with E-state index in [1.165, 1.54) is 0 Å². The van der Waals surface area contributed by atoms with Crippen molar-refractivity contribution in [3.8, 4) is 0 Å². The molecular weight excluding hydrogens is 231 g/mol. The minimum absolute atomic E-state index is 0.637. The molecule has 0 unspecified atom stereocenters. The molecule has 9 heavy (non-hydrogen) atoms. The van der Waals surface area contributed by atoms with Gasteiger partial charge in [0.15, 0.2) is 0 Å². The van der Waals surface area contributed by atoms with Crippen LogP contribution in [-0.2, 0) is 0 Å². The third-order valence-corrected chi connectivity index (χ3v) is 1.74. The van der Waals surface area contributed by atoms with Crippen LogP contribution in [0, 0.1) is 3.70 Å². The van der Waals surface area contributed by atoms with Crippen LogP contribution in [0.1, 0.15) is 0 Å². The zero-order chi connectivity index (χ0) is 6.69. The molecule has 0 aliphatic heterocycles. The van der Waals surface area contributed by atoms with Crippen LogP contribution >= 0.6 is 22.6 Å². The van der Waals surface area contributed by atoms with Crippen LogP contribution in [0.25, 0.3) is 0 Å². The van der Waals surface area contributed by atoms with Crippen LogP contribution in [0.3, 0.4) is 0 Å². The normalized spacial score (nSPS) is 9.11. The predicted molar refractivity (Wildman–Crippen MR) is 42.4 cm³/mol. The first-order chi connectivity index (χ1) is 4.34. The lowest BCUT2D eigenvalue weighted by atomic mass is 10.4. The molecule has 48 valence electrons. The van der Waals surface area contributed by atoms with Crippen LogP contribution in [0.4, 0.5) is 5.69 Å². The minimum atomic E-state index is 0.637. The van der Waals surface area contributed by atoms with Crippen molar-refractivity contribution in [3.05, 3.63) is 22.0 Å². The number of nitrogens with zero attached hydrogens (tertiary/aromatic N) is 1. The number of hydrogen-bond donors (Lipinski definition) is 2. The Hall–Kier alpha value is -0.360. The van der Waals surface area contributed by atoms with E-state index >= 15 is 0 Å². The zero-order valence-electron chi connectivity index (χ0n) is 4.50. The third-order valence-electron chi connectivity index (χ3n) is 0.880. The Morgan fingerprint density at radius 3 is 2.89 bits per heavy atom.